The standard InChI is InChI=1S/C13H13NO5/c1-8-10(12(15)16)5-6-14(8)7-9-3-4-11(19-9)13(17)18-2/h3-6H,7H2,1-2H3,(H,15,16). The summed E-state index contributed by atoms with van der Waals surface area (Å²) in [6, 6.07) is 4.71. The summed E-state index contributed by atoms with van der Waals surface area (Å²) in [4.78, 5) is 22.2. The molecule has 1 N–H and O–H groups in total. The molecule has 2 heterocycles. The molecule has 2 aromatic rings. The summed E-state index contributed by atoms with van der Waals surface area (Å²) in [7, 11) is 1.28. The summed E-state index contributed by atoms with van der Waals surface area (Å²) < 4.78 is 11.6. The van der Waals surface area contributed by atoms with Crippen molar-refractivity contribution in [3.63, 3.8) is 0 Å². The maximum absolute atomic E-state index is 11.2. The lowest BCUT2D eigenvalue weighted by Gasteiger charge is -2.04. The zero-order valence-corrected chi connectivity index (χ0v) is 10.5. The maximum atomic E-state index is 11.2. The largest absolute Gasteiger partial charge is 0.478 e. The van der Waals surface area contributed by atoms with Crippen LogP contribution < -0.4 is 0 Å². The van der Waals surface area contributed by atoms with Gasteiger partial charge in [0, 0.05) is 11.9 Å². The third-order valence-electron chi connectivity index (χ3n) is 2.85. The van der Waals surface area contributed by atoms with Crippen molar-refractivity contribution in [2.24, 2.45) is 0 Å². The van der Waals surface area contributed by atoms with Crippen molar-refractivity contribution >= 4 is 11.9 Å². The normalized spacial score (nSPS) is 10.4. The number of ether oxygens (including phenoxy) is 1. The molecule has 2 rings (SSSR count). The van der Waals surface area contributed by atoms with Gasteiger partial charge in [-0.25, -0.2) is 9.59 Å². The molecule has 0 aromatic carbocycles. The molecular weight excluding hydrogens is 250 g/mol. The number of carboxylic acid groups (broad SMARTS) is 1. The molecular formula is C13H13NO5. The number of carboxylic acids is 1. The van der Waals surface area contributed by atoms with Crippen molar-refractivity contribution < 1.29 is 23.8 Å². The van der Waals surface area contributed by atoms with Gasteiger partial charge in [-0.15, -0.1) is 0 Å². The van der Waals surface area contributed by atoms with E-state index in [1.807, 2.05) is 0 Å². The van der Waals surface area contributed by atoms with Crippen LogP contribution in [-0.2, 0) is 11.3 Å². The molecule has 0 radical (unpaired) electrons. The first-order valence-corrected chi connectivity index (χ1v) is 5.59. The Morgan fingerprint density at radius 2 is 2.11 bits per heavy atom. The second-order valence-corrected chi connectivity index (χ2v) is 4.01. The van der Waals surface area contributed by atoms with E-state index in [4.69, 9.17) is 9.52 Å². The van der Waals surface area contributed by atoms with Gasteiger partial charge in [-0.3, -0.25) is 0 Å². The first-order chi connectivity index (χ1) is 9.02. The number of methoxy groups -OCH3 is 1. The van der Waals surface area contributed by atoms with Crippen LogP contribution in [0.5, 0.6) is 0 Å². The van der Waals surface area contributed by atoms with Crippen LogP contribution in [0, 0.1) is 6.92 Å². The highest BCUT2D eigenvalue weighted by molar-refractivity contribution is 5.89. The topological polar surface area (TPSA) is 81.7 Å². The first-order valence-electron chi connectivity index (χ1n) is 5.59. The smallest absolute Gasteiger partial charge is 0.373 e. The maximum Gasteiger partial charge on any atom is 0.373 e. The zero-order valence-electron chi connectivity index (χ0n) is 10.5. The van der Waals surface area contributed by atoms with E-state index in [9.17, 15) is 9.59 Å². The van der Waals surface area contributed by atoms with Crippen molar-refractivity contribution in [1.29, 1.82) is 0 Å². The van der Waals surface area contributed by atoms with Crippen molar-refractivity contribution in [1.82, 2.24) is 4.57 Å². The predicted molar refractivity (Wildman–Crippen MR) is 65.3 cm³/mol. The van der Waals surface area contributed by atoms with E-state index >= 15 is 0 Å². The van der Waals surface area contributed by atoms with E-state index < -0.39 is 11.9 Å². The number of aromatic nitrogens is 1. The van der Waals surface area contributed by atoms with Crippen LogP contribution in [0.25, 0.3) is 0 Å². The van der Waals surface area contributed by atoms with Gasteiger partial charge in [0.25, 0.3) is 0 Å². The fourth-order valence-corrected chi connectivity index (χ4v) is 1.79. The van der Waals surface area contributed by atoms with E-state index in [-0.39, 0.29) is 11.3 Å². The number of rotatable bonds is 4. The molecule has 0 atom stereocenters. The highest BCUT2D eigenvalue weighted by Gasteiger charge is 2.14. The zero-order chi connectivity index (χ0) is 14.0. The van der Waals surface area contributed by atoms with Crippen LogP contribution in [0.1, 0.15) is 32.4 Å². The molecule has 6 heteroatoms. The summed E-state index contributed by atoms with van der Waals surface area (Å²) in [5, 5.41) is 8.96. The van der Waals surface area contributed by atoms with Gasteiger partial charge in [0.05, 0.1) is 19.2 Å². The molecule has 0 saturated carbocycles. The second-order valence-electron chi connectivity index (χ2n) is 4.01. The van der Waals surface area contributed by atoms with Crippen molar-refractivity contribution in [3.05, 3.63) is 47.2 Å². The number of hydrogen-bond acceptors (Lipinski definition) is 4. The van der Waals surface area contributed by atoms with Crippen LogP contribution in [0.2, 0.25) is 0 Å². The van der Waals surface area contributed by atoms with Gasteiger partial charge in [-0.2, -0.15) is 0 Å². The SMILES string of the molecule is COC(=O)c1ccc(Cn2ccc(C(=O)O)c2C)o1. The van der Waals surface area contributed by atoms with E-state index in [1.54, 1.807) is 23.8 Å². The van der Waals surface area contributed by atoms with Crippen LogP contribution in [0.15, 0.2) is 28.8 Å². The summed E-state index contributed by atoms with van der Waals surface area (Å²) >= 11 is 0. The number of carbonyl (C=O) groups excluding carboxylic acids is 1. The molecule has 0 unspecified atom stereocenters. The highest BCUT2D eigenvalue weighted by atomic mass is 16.5. The molecule has 100 valence electrons. The Labute approximate surface area is 109 Å². The van der Waals surface area contributed by atoms with E-state index in [2.05, 4.69) is 4.74 Å². The minimum Gasteiger partial charge on any atom is -0.478 e. The summed E-state index contributed by atoms with van der Waals surface area (Å²) in [5.41, 5.74) is 0.878. The Morgan fingerprint density at radius 1 is 1.37 bits per heavy atom. The summed E-state index contributed by atoms with van der Waals surface area (Å²) in [6.45, 7) is 2.07. The number of hydrogen-bond donors (Lipinski definition) is 1. The fraction of sp³-hybridized carbons (Fsp3) is 0.231. The highest BCUT2D eigenvalue weighted by Crippen LogP contribution is 2.15. The van der Waals surface area contributed by atoms with Gasteiger partial charge in [0.1, 0.15) is 5.76 Å². The molecule has 19 heavy (non-hydrogen) atoms. The molecule has 0 amide bonds. The number of nitrogens with zero attached hydrogens (tertiary/aromatic N) is 1. The quantitative estimate of drug-likeness (QED) is 0.852. The third kappa shape index (κ3) is 2.52. The minimum atomic E-state index is -0.967. The van der Waals surface area contributed by atoms with E-state index in [1.165, 1.54) is 19.2 Å². The average Bonchev–Trinajstić information content (AvgIpc) is 2.97. The lowest BCUT2D eigenvalue weighted by Crippen LogP contribution is -2.03. The molecule has 0 spiro atoms. The van der Waals surface area contributed by atoms with Crippen LogP contribution >= 0.6 is 0 Å². The van der Waals surface area contributed by atoms with Crippen LogP contribution in [0.4, 0.5) is 0 Å². The molecule has 0 aliphatic carbocycles. The first kappa shape index (κ1) is 12.9. The van der Waals surface area contributed by atoms with Crippen LogP contribution in [-0.4, -0.2) is 28.7 Å². The average molecular weight is 263 g/mol. The van der Waals surface area contributed by atoms with Crippen molar-refractivity contribution in [3.8, 4) is 0 Å². The molecule has 6 nitrogen and oxygen atoms in total. The van der Waals surface area contributed by atoms with Gasteiger partial charge in [0.2, 0.25) is 5.76 Å². The lowest BCUT2D eigenvalue weighted by molar-refractivity contribution is 0.0562. The molecule has 2 aromatic heterocycles. The Morgan fingerprint density at radius 3 is 2.68 bits per heavy atom. The van der Waals surface area contributed by atoms with Gasteiger partial charge in [0.15, 0.2) is 0 Å². The second kappa shape index (κ2) is 5.01. The summed E-state index contributed by atoms with van der Waals surface area (Å²) in [6.07, 6.45) is 1.67. The van der Waals surface area contributed by atoms with Crippen molar-refractivity contribution in [2.45, 2.75) is 13.5 Å². The molecule has 0 saturated heterocycles. The van der Waals surface area contributed by atoms with Crippen molar-refractivity contribution in [2.75, 3.05) is 7.11 Å². The van der Waals surface area contributed by atoms with Crippen LogP contribution in [0.3, 0.4) is 0 Å². The van der Waals surface area contributed by atoms with Gasteiger partial charge in [-0.05, 0) is 25.1 Å². The Kier molecular flexibility index (Phi) is 3.41. The van der Waals surface area contributed by atoms with E-state index in [0.717, 1.165) is 0 Å². The van der Waals surface area contributed by atoms with Gasteiger partial charge in [-0.1, -0.05) is 0 Å². The third-order valence-corrected chi connectivity index (χ3v) is 2.85. The predicted octanol–water partition coefficient (Wildman–Crippen LogP) is 1.92. The van der Waals surface area contributed by atoms with Gasteiger partial charge >= 0.3 is 11.9 Å². The number of esters is 1. The molecule has 0 bridgehead atoms. The Balaban J connectivity index is 2.20. The Hall–Kier alpha value is -2.50. The number of aromatic carboxylic acids is 1. The minimum absolute atomic E-state index is 0.126. The summed E-state index contributed by atoms with van der Waals surface area (Å²) in [5.74, 6) is -0.829. The Bertz CT molecular complexity index is 623. The van der Waals surface area contributed by atoms with E-state index in [0.29, 0.717) is 18.0 Å². The number of carbonyl (C=O) groups is 2. The molecule has 0 aliphatic rings. The fourth-order valence-electron chi connectivity index (χ4n) is 1.79. The lowest BCUT2D eigenvalue weighted by atomic mass is 10.2. The molecule has 0 aliphatic heterocycles. The monoisotopic (exact) mass is 263 g/mol. The molecule has 0 fully saturated rings. The van der Waals surface area contributed by atoms with Gasteiger partial charge < -0.3 is 18.8 Å². The number of furan rings is 1.